The summed E-state index contributed by atoms with van der Waals surface area (Å²) in [6, 6.07) is 9.94. The summed E-state index contributed by atoms with van der Waals surface area (Å²) in [4.78, 5) is 11.0. The molecule has 1 unspecified atom stereocenters. The van der Waals surface area contributed by atoms with E-state index in [-0.39, 0.29) is 5.92 Å². The highest BCUT2D eigenvalue weighted by molar-refractivity contribution is 5.87. The minimum atomic E-state index is -0.885. The summed E-state index contributed by atoms with van der Waals surface area (Å²) in [6.07, 6.45) is 5.66. The van der Waals surface area contributed by atoms with Crippen LogP contribution in [0.2, 0.25) is 0 Å². The van der Waals surface area contributed by atoms with Crippen molar-refractivity contribution in [3.63, 3.8) is 0 Å². The van der Waals surface area contributed by atoms with Crippen molar-refractivity contribution in [2.45, 2.75) is 12.3 Å². The third-order valence-electron chi connectivity index (χ3n) is 2.99. The third kappa shape index (κ3) is 2.51. The number of nitrogens with one attached hydrogen (secondary N) is 1. The fourth-order valence-electron chi connectivity index (χ4n) is 2.07. The topological polar surface area (TPSA) is 49.3 Å². The van der Waals surface area contributed by atoms with Crippen molar-refractivity contribution >= 4 is 5.97 Å². The van der Waals surface area contributed by atoms with E-state index in [9.17, 15) is 4.79 Å². The zero-order valence-electron chi connectivity index (χ0n) is 9.97. The van der Waals surface area contributed by atoms with Gasteiger partial charge in [-0.2, -0.15) is 0 Å². The van der Waals surface area contributed by atoms with Crippen LogP contribution in [0.15, 0.2) is 66.5 Å². The van der Waals surface area contributed by atoms with Gasteiger partial charge in [0.1, 0.15) is 0 Å². The molecule has 0 saturated carbocycles. The Morgan fingerprint density at radius 3 is 2.67 bits per heavy atom. The van der Waals surface area contributed by atoms with Gasteiger partial charge in [0.05, 0.1) is 5.57 Å². The van der Waals surface area contributed by atoms with Crippen molar-refractivity contribution in [1.29, 1.82) is 0 Å². The zero-order chi connectivity index (χ0) is 13.0. The summed E-state index contributed by atoms with van der Waals surface area (Å²) in [7, 11) is 0. The van der Waals surface area contributed by atoms with Gasteiger partial charge in [0.25, 0.3) is 0 Å². The van der Waals surface area contributed by atoms with E-state index in [0.717, 1.165) is 11.1 Å². The second kappa shape index (κ2) is 5.36. The number of hydrogen-bond acceptors (Lipinski definition) is 2. The van der Waals surface area contributed by atoms with Gasteiger partial charge in [-0.25, -0.2) is 4.79 Å². The Kier molecular flexibility index (Phi) is 3.63. The minimum absolute atomic E-state index is 0.0433. The molecule has 0 saturated heterocycles. The molecule has 1 atom stereocenters. The van der Waals surface area contributed by atoms with Crippen LogP contribution in [0.25, 0.3) is 0 Å². The molecule has 1 aliphatic heterocycles. The van der Waals surface area contributed by atoms with Crippen LogP contribution in [0, 0.1) is 0 Å². The van der Waals surface area contributed by atoms with E-state index in [1.54, 1.807) is 0 Å². The van der Waals surface area contributed by atoms with Crippen LogP contribution in [0.3, 0.4) is 0 Å². The van der Waals surface area contributed by atoms with Crippen molar-refractivity contribution in [2.75, 3.05) is 0 Å². The molecule has 0 radical (unpaired) electrons. The fourth-order valence-corrected chi connectivity index (χ4v) is 2.07. The van der Waals surface area contributed by atoms with Crippen LogP contribution in [0.4, 0.5) is 0 Å². The lowest BCUT2D eigenvalue weighted by atomic mass is 9.87. The molecular weight excluding hydrogens is 226 g/mol. The Morgan fingerprint density at radius 1 is 1.33 bits per heavy atom. The number of allylic oxidation sites excluding steroid dienone is 2. The van der Waals surface area contributed by atoms with Gasteiger partial charge in [0, 0.05) is 24.7 Å². The standard InChI is InChI=1S/C15H15NO2/c1-2-14(11-6-4-3-5-7-11)12-8-13(15(17)18)10-16-9-12/h2-7,9-10,14,16H,1,8H2,(H,17,18). The van der Waals surface area contributed by atoms with E-state index < -0.39 is 5.97 Å². The van der Waals surface area contributed by atoms with Crippen molar-refractivity contribution in [3.8, 4) is 0 Å². The minimum Gasteiger partial charge on any atom is -0.478 e. The average Bonchev–Trinajstić information content (AvgIpc) is 2.41. The van der Waals surface area contributed by atoms with Crippen LogP contribution < -0.4 is 5.32 Å². The fraction of sp³-hybridized carbons (Fsp3) is 0.133. The molecule has 0 spiro atoms. The van der Waals surface area contributed by atoms with Crippen LogP contribution in [0.1, 0.15) is 17.9 Å². The molecule has 0 fully saturated rings. The van der Waals surface area contributed by atoms with Gasteiger partial charge in [0.15, 0.2) is 0 Å². The summed E-state index contributed by atoms with van der Waals surface area (Å²) in [5.41, 5.74) is 2.50. The van der Waals surface area contributed by atoms with Gasteiger partial charge in [-0.15, -0.1) is 6.58 Å². The Balaban J connectivity index is 2.23. The Hall–Kier alpha value is -2.29. The number of carboxylic acid groups (broad SMARTS) is 1. The molecule has 1 aliphatic rings. The van der Waals surface area contributed by atoms with Gasteiger partial charge in [0.2, 0.25) is 0 Å². The summed E-state index contributed by atoms with van der Waals surface area (Å²) >= 11 is 0. The molecule has 2 N–H and O–H groups in total. The maximum Gasteiger partial charge on any atom is 0.333 e. The molecule has 3 heteroatoms. The maximum absolute atomic E-state index is 11.0. The first kappa shape index (κ1) is 12.2. The predicted octanol–water partition coefficient (Wildman–Crippen LogP) is 2.80. The number of aliphatic carboxylic acids is 1. The third-order valence-corrected chi connectivity index (χ3v) is 2.99. The second-order valence-electron chi connectivity index (χ2n) is 4.16. The number of dihydropyridines is 1. The van der Waals surface area contributed by atoms with Crippen molar-refractivity contribution in [3.05, 3.63) is 72.1 Å². The highest BCUT2D eigenvalue weighted by Crippen LogP contribution is 2.30. The molecule has 0 amide bonds. The molecule has 0 aliphatic carbocycles. The largest absolute Gasteiger partial charge is 0.478 e. The Labute approximate surface area is 106 Å². The van der Waals surface area contributed by atoms with E-state index >= 15 is 0 Å². The number of carbonyl (C=O) groups is 1. The number of rotatable bonds is 4. The normalized spacial score (nSPS) is 16.0. The van der Waals surface area contributed by atoms with Crippen molar-refractivity contribution in [1.82, 2.24) is 5.32 Å². The van der Waals surface area contributed by atoms with Gasteiger partial charge in [-0.1, -0.05) is 36.4 Å². The van der Waals surface area contributed by atoms with Crippen LogP contribution in [-0.2, 0) is 4.79 Å². The van der Waals surface area contributed by atoms with E-state index in [1.165, 1.54) is 6.20 Å². The SMILES string of the molecule is C=CC(C1=CNC=C(C(=O)O)C1)c1ccccc1. The van der Waals surface area contributed by atoms with Crippen LogP contribution in [-0.4, -0.2) is 11.1 Å². The molecule has 18 heavy (non-hydrogen) atoms. The highest BCUT2D eigenvalue weighted by atomic mass is 16.4. The molecule has 92 valence electrons. The quantitative estimate of drug-likeness (QED) is 0.797. The van der Waals surface area contributed by atoms with E-state index in [2.05, 4.69) is 11.9 Å². The molecule has 1 aromatic carbocycles. The summed E-state index contributed by atoms with van der Waals surface area (Å²) < 4.78 is 0. The zero-order valence-corrected chi connectivity index (χ0v) is 9.97. The van der Waals surface area contributed by atoms with E-state index in [4.69, 9.17) is 5.11 Å². The monoisotopic (exact) mass is 241 g/mol. The molecule has 2 rings (SSSR count). The molecular formula is C15H15NO2. The van der Waals surface area contributed by atoms with Gasteiger partial charge >= 0.3 is 5.97 Å². The number of benzene rings is 1. The molecule has 0 bridgehead atoms. The molecule has 0 aromatic heterocycles. The van der Waals surface area contributed by atoms with E-state index in [1.807, 2.05) is 42.6 Å². The Bertz CT molecular complexity index is 515. The van der Waals surface area contributed by atoms with Crippen LogP contribution >= 0.6 is 0 Å². The van der Waals surface area contributed by atoms with Crippen molar-refractivity contribution < 1.29 is 9.90 Å². The average molecular weight is 241 g/mol. The molecule has 3 nitrogen and oxygen atoms in total. The van der Waals surface area contributed by atoms with Crippen LogP contribution in [0.5, 0.6) is 0 Å². The number of carboxylic acids is 1. The maximum atomic E-state index is 11.0. The van der Waals surface area contributed by atoms with Gasteiger partial charge in [-0.3, -0.25) is 0 Å². The second-order valence-corrected chi connectivity index (χ2v) is 4.16. The summed E-state index contributed by atoms with van der Waals surface area (Å²) in [6.45, 7) is 3.85. The summed E-state index contributed by atoms with van der Waals surface area (Å²) in [5.74, 6) is -0.842. The van der Waals surface area contributed by atoms with Gasteiger partial charge < -0.3 is 10.4 Å². The molecule has 1 aromatic rings. The smallest absolute Gasteiger partial charge is 0.333 e. The lowest BCUT2D eigenvalue weighted by molar-refractivity contribution is -0.132. The summed E-state index contributed by atoms with van der Waals surface area (Å²) in [5, 5.41) is 11.9. The first-order valence-corrected chi connectivity index (χ1v) is 5.77. The first-order valence-electron chi connectivity index (χ1n) is 5.77. The lowest BCUT2D eigenvalue weighted by Gasteiger charge is -2.20. The number of hydrogen-bond donors (Lipinski definition) is 2. The van der Waals surface area contributed by atoms with E-state index in [0.29, 0.717) is 12.0 Å². The molecule has 1 heterocycles. The predicted molar refractivity (Wildman–Crippen MR) is 70.9 cm³/mol. The Morgan fingerprint density at radius 2 is 2.06 bits per heavy atom. The lowest BCUT2D eigenvalue weighted by Crippen LogP contribution is -2.15. The first-order chi connectivity index (χ1) is 8.72. The van der Waals surface area contributed by atoms with Gasteiger partial charge in [-0.05, 0) is 11.1 Å². The highest BCUT2D eigenvalue weighted by Gasteiger charge is 2.19. The van der Waals surface area contributed by atoms with Crippen molar-refractivity contribution in [2.24, 2.45) is 0 Å².